The van der Waals surface area contributed by atoms with E-state index in [9.17, 15) is 9.59 Å². The summed E-state index contributed by atoms with van der Waals surface area (Å²) in [7, 11) is 6.49. The summed E-state index contributed by atoms with van der Waals surface area (Å²) in [5, 5.41) is 0.954. The van der Waals surface area contributed by atoms with Gasteiger partial charge in [0.1, 0.15) is 5.65 Å². The molecule has 200 valence electrons. The Kier molecular flexibility index (Phi) is 7.36. The Bertz CT molecular complexity index is 1560. The first-order chi connectivity index (χ1) is 19.0. The summed E-state index contributed by atoms with van der Waals surface area (Å²) in [6.07, 6.45) is 5.87. The molecule has 5 rings (SSSR count). The molecule has 0 spiro atoms. The third-order valence-electron chi connectivity index (χ3n) is 7.30. The van der Waals surface area contributed by atoms with Crippen LogP contribution in [0.15, 0.2) is 66.9 Å². The quantitative estimate of drug-likeness (QED) is 0.251. The molecule has 1 atom stereocenters. The van der Waals surface area contributed by atoms with Gasteiger partial charge in [-0.15, -0.1) is 0 Å². The van der Waals surface area contributed by atoms with E-state index in [0.29, 0.717) is 24.5 Å². The Morgan fingerprint density at radius 1 is 1.03 bits per heavy atom. The first-order valence-electron chi connectivity index (χ1n) is 12.8. The highest BCUT2D eigenvalue weighted by Gasteiger charge is 2.33. The Hall–Kier alpha value is -4.59. The number of fused-ring (bicyclic) bond motifs is 2. The SMILES string of the molecule is COC(=O)CC1c2cc(OC)c(OC)cc2CCN1C(=O)C=Cc1c(-c2ccccc2)n(C)c2ncccc12. The zero-order valence-corrected chi connectivity index (χ0v) is 22.5. The summed E-state index contributed by atoms with van der Waals surface area (Å²) in [4.78, 5) is 32.5. The number of benzene rings is 2. The Balaban J connectivity index is 1.55. The maximum atomic E-state index is 13.7. The number of aromatic nitrogens is 2. The van der Waals surface area contributed by atoms with Crippen LogP contribution in [0, 0.1) is 0 Å². The van der Waals surface area contributed by atoms with Gasteiger partial charge in [0.25, 0.3) is 0 Å². The molecule has 1 unspecified atom stereocenters. The molecule has 8 heteroatoms. The third-order valence-corrected chi connectivity index (χ3v) is 7.30. The monoisotopic (exact) mass is 525 g/mol. The first kappa shape index (κ1) is 26.0. The van der Waals surface area contributed by atoms with E-state index in [1.54, 1.807) is 31.4 Å². The lowest BCUT2D eigenvalue weighted by Gasteiger charge is -2.36. The van der Waals surface area contributed by atoms with Gasteiger partial charge in [-0.25, -0.2) is 4.98 Å². The molecule has 1 amide bonds. The number of pyridine rings is 1. The average Bonchev–Trinajstić information content (AvgIpc) is 3.26. The van der Waals surface area contributed by atoms with E-state index in [0.717, 1.165) is 39.0 Å². The zero-order valence-electron chi connectivity index (χ0n) is 22.5. The minimum absolute atomic E-state index is 0.0337. The largest absolute Gasteiger partial charge is 0.493 e. The van der Waals surface area contributed by atoms with Crippen LogP contribution in [0.5, 0.6) is 11.5 Å². The van der Waals surface area contributed by atoms with Gasteiger partial charge in [-0.3, -0.25) is 9.59 Å². The van der Waals surface area contributed by atoms with Crippen molar-refractivity contribution < 1.29 is 23.8 Å². The van der Waals surface area contributed by atoms with Crippen LogP contribution in [0.25, 0.3) is 28.4 Å². The highest BCUT2D eigenvalue weighted by molar-refractivity contribution is 6.00. The number of methoxy groups -OCH3 is 3. The number of hydrogen-bond donors (Lipinski definition) is 0. The number of esters is 1. The van der Waals surface area contributed by atoms with Gasteiger partial charge in [0, 0.05) is 36.8 Å². The van der Waals surface area contributed by atoms with Gasteiger partial charge in [-0.05, 0) is 53.5 Å². The van der Waals surface area contributed by atoms with Gasteiger partial charge < -0.3 is 23.7 Å². The number of amides is 1. The molecule has 0 radical (unpaired) electrons. The number of carbonyl (C=O) groups excluding carboxylic acids is 2. The van der Waals surface area contributed by atoms with Crippen molar-refractivity contribution in [1.82, 2.24) is 14.5 Å². The Morgan fingerprint density at radius 2 is 1.77 bits per heavy atom. The molecule has 1 aliphatic rings. The maximum Gasteiger partial charge on any atom is 0.307 e. The molecule has 0 N–H and O–H groups in total. The maximum absolute atomic E-state index is 13.7. The second-order valence-electron chi connectivity index (χ2n) is 9.38. The van der Waals surface area contributed by atoms with Gasteiger partial charge >= 0.3 is 5.97 Å². The highest BCUT2D eigenvalue weighted by atomic mass is 16.5. The van der Waals surface area contributed by atoms with Gasteiger partial charge in [-0.1, -0.05) is 30.3 Å². The summed E-state index contributed by atoms with van der Waals surface area (Å²) in [5.74, 6) is 0.581. The van der Waals surface area contributed by atoms with E-state index in [4.69, 9.17) is 14.2 Å². The van der Waals surface area contributed by atoms with Gasteiger partial charge in [0.05, 0.1) is 39.5 Å². The van der Waals surface area contributed by atoms with Gasteiger partial charge in [-0.2, -0.15) is 0 Å². The molecule has 0 saturated heterocycles. The lowest BCUT2D eigenvalue weighted by molar-refractivity contribution is -0.143. The number of carbonyl (C=O) groups is 2. The second kappa shape index (κ2) is 11.0. The van der Waals surface area contributed by atoms with Gasteiger partial charge in [0.2, 0.25) is 5.91 Å². The Labute approximate surface area is 227 Å². The van der Waals surface area contributed by atoms with E-state index in [2.05, 4.69) is 4.98 Å². The predicted octanol–water partition coefficient (Wildman–Crippen LogP) is 4.96. The fourth-order valence-electron chi connectivity index (χ4n) is 5.41. The lowest BCUT2D eigenvalue weighted by atomic mass is 9.89. The van der Waals surface area contributed by atoms with Crippen LogP contribution in [0.3, 0.4) is 0 Å². The number of rotatable bonds is 7. The molecule has 0 bridgehead atoms. The average molecular weight is 526 g/mol. The molecule has 2 aromatic carbocycles. The van der Waals surface area contributed by atoms with Crippen molar-refractivity contribution in [1.29, 1.82) is 0 Å². The normalized spacial score (nSPS) is 14.9. The Morgan fingerprint density at radius 3 is 2.49 bits per heavy atom. The van der Waals surface area contributed by atoms with Crippen molar-refractivity contribution in [3.63, 3.8) is 0 Å². The van der Waals surface area contributed by atoms with Crippen LogP contribution in [-0.2, 0) is 27.8 Å². The molecule has 8 nitrogen and oxygen atoms in total. The van der Waals surface area contributed by atoms with Crippen LogP contribution in [-0.4, -0.2) is 54.2 Å². The summed E-state index contributed by atoms with van der Waals surface area (Å²) >= 11 is 0. The van der Waals surface area contributed by atoms with E-state index in [1.807, 2.05) is 72.3 Å². The van der Waals surface area contributed by atoms with Crippen LogP contribution in [0.4, 0.5) is 0 Å². The minimum atomic E-state index is -0.499. The van der Waals surface area contributed by atoms with Crippen molar-refractivity contribution >= 4 is 29.0 Å². The fourth-order valence-corrected chi connectivity index (χ4v) is 5.41. The molecular formula is C31H31N3O5. The standard InChI is InChI=1S/C31H31N3O5/c1-33-30(20-9-6-5-7-10-20)22(23-11-8-15-32-31(23)33)12-13-28(35)34-16-14-21-17-26(37-2)27(38-3)18-24(21)25(34)19-29(36)39-4/h5-13,15,17-18,25H,14,16,19H2,1-4H3. The number of aryl methyl sites for hydroxylation is 1. The molecule has 3 heterocycles. The van der Waals surface area contributed by atoms with Crippen molar-refractivity contribution in [3.8, 4) is 22.8 Å². The van der Waals surface area contributed by atoms with Crippen LogP contribution in [0.2, 0.25) is 0 Å². The summed E-state index contributed by atoms with van der Waals surface area (Å²) in [6.45, 7) is 0.454. The molecule has 39 heavy (non-hydrogen) atoms. The third kappa shape index (κ3) is 4.85. The molecule has 0 aliphatic carbocycles. The predicted molar refractivity (Wildman–Crippen MR) is 150 cm³/mol. The lowest BCUT2D eigenvalue weighted by Crippen LogP contribution is -2.40. The number of ether oxygens (including phenoxy) is 3. The van der Waals surface area contributed by atoms with Crippen LogP contribution < -0.4 is 9.47 Å². The first-order valence-corrected chi connectivity index (χ1v) is 12.8. The molecular weight excluding hydrogens is 494 g/mol. The van der Waals surface area contributed by atoms with Crippen molar-refractivity contribution in [3.05, 3.63) is 83.6 Å². The number of hydrogen-bond acceptors (Lipinski definition) is 6. The van der Waals surface area contributed by atoms with Crippen LogP contribution >= 0.6 is 0 Å². The van der Waals surface area contributed by atoms with E-state index < -0.39 is 12.0 Å². The van der Waals surface area contributed by atoms with E-state index >= 15 is 0 Å². The highest BCUT2D eigenvalue weighted by Crippen LogP contribution is 2.40. The van der Waals surface area contributed by atoms with E-state index in [1.165, 1.54) is 7.11 Å². The molecule has 2 aromatic heterocycles. The topological polar surface area (TPSA) is 82.9 Å². The minimum Gasteiger partial charge on any atom is -0.493 e. The second-order valence-corrected chi connectivity index (χ2v) is 9.38. The molecule has 1 aliphatic heterocycles. The summed E-state index contributed by atoms with van der Waals surface area (Å²) < 4.78 is 18.0. The fraction of sp³-hybridized carbons (Fsp3) is 0.258. The van der Waals surface area contributed by atoms with Crippen molar-refractivity contribution in [2.75, 3.05) is 27.9 Å². The van der Waals surface area contributed by atoms with Crippen molar-refractivity contribution in [2.45, 2.75) is 18.9 Å². The van der Waals surface area contributed by atoms with E-state index in [-0.39, 0.29) is 12.3 Å². The summed E-state index contributed by atoms with van der Waals surface area (Å²) in [5.41, 5.74) is 5.61. The smallest absolute Gasteiger partial charge is 0.307 e. The molecule has 0 saturated carbocycles. The van der Waals surface area contributed by atoms with Crippen LogP contribution in [0.1, 0.15) is 29.2 Å². The number of nitrogens with zero attached hydrogens (tertiary/aromatic N) is 3. The zero-order chi connectivity index (χ0) is 27.5. The van der Waals surface area contributed by atoms with Crippen molar-refractivity contribution in [2.24, 2.45) is 7.05 Å². The molecule has 4 aromatic rings. The van der Waals surface area contributed by atoms with Gasteiger partial charge in [0.15, 0.2) is 11.5 Å². The summed E-state index contributed by atoms with van der Waals surface area (Å²) in [6, 6.07) is 17.2. The molecule has 0 fully saturated rings.